The van der Waals surface area contributed by atoms with E-state index < -0.39 is 30.6 Å². The van der Waals surface area contributed by atoms with Gasteiger partial charge < -0.3 is 14.7 Å². The van der Waals surface area contributed by atoms with Gasteiger partial charge in [-0.05, 0) is 5.56 Å². The highest BCUT2D eigenvalue weighted by atomic mass is 19.1. The van der Waals surface area contributed by atoms with Gasteiger partial charge in [-0.1, -0.05) is 30.3 Å². The number of benzene rings is 1. The summed E-state index contributed by atoms with van der Waals surface area (Å²) in [6.07, 6.45) is -0.601. The highest BCUT2D eigenvalue weighted by molar-refractivity contribution is 5.74. The van der Waals surface area contributed by atoms with Crippen LogP contribution in [0.2, 0.25) is 0 Å². The average Bonchev–Trinajstić information content (AvgIpc) is 2.90. The number of carbonyl (C=O) groups excluding carboxylic acids is 1. The Kier molecular flexibility index (Phi) is 4.55. The molecule has 0 radical (unpaired) electrons. The van der Waals surface area contributed by atoms with Crippen LogP contribution in [0.5, 0.6) is 0 Å². The topological polar surface area (TPSA) is 66.8 Å². The fourth-order valence-electron chi connectivity index (χ4n) is 2.27. The van der Waals surface area contributed by atoms with E-state index in [0.29, 0.717) is 0 Å². The predicted octanol–water partition coefficient (Wildman–Crippen LogP) is 1.93. The van der Waals surface area contributed by atoms with Gasteiger partial charge in [-0.15, -0.1) is 0 Å². The van der Waals surface area contributed by atoms with Crippen LogP contribution in [0.1, 0.15) is 5.56 Å². The van der Waals surface area contributed by atoms with Crippen molar-refractivity contribution >= 4 is 12.1 Å². The molecule has 1 aliphatic rings. The molecule has 1 saturated heterocycles. The van der Waals surface area contributed by atoms with Crippen LogP contribution in [0.25, 0.3) is 0 Å². The molecular formula is C14H16FNO4. The summed E-state index contributed by atoms with van der Waals surface area (Å²) >= 11 is 0. The maximum absolute atomic E-state index is 12.8. The van der Waals surface area contributed by atoms with Crippen LogP contribution in [0.4, 0.5) is 9.18 Å². The number of hydrogen-bond acceptors (Lipinski definition) is 3. The van der Waals surface area contributed by atoms with E-state index in [9.17, 15) is 14.0 Å². The Hall–Kier alpha value is -2.11. The van der Waals surface area contributed by atoms with Crippen molar-refractivity contribution in [1.29, 1.82) is 0 Å². The molecule has 0 bridgehead atoms. The molecule has 1 aromatic carbocycles. The summed E-state index contributed by atoms with van der Waals surface area (Å²) in [6, 6.07) is 9.16. The van der Waals surface area contributed by atoms with Gasteiger partial charge in [0.1, 0.15) is 6.61 Å². The minimum atomic E-state index is -1.08. The van der Waals surface area contributed by atoms with Gasteiger partial charge in [0.15, 0.2) is 0 Å². The Bertz CT molecular complexity index is 479. The largest absolute Gasteiger partial charge is 0.481 e. The second-order valence-electron chi connectivity index (χ2n) is 4.80. The Balaban J connectivity index is 1.89. The zero-order chi connectivity index (χ0) is 14.5. The molecule has 0 saturated carbocycles. The summed E-state index contributed by atoms with van der Waals surface area (Å²) in [6.45, 7) is -0.549. The summed E-state index contributed by atoms with van der Waals surface area (Å²) in [5, 5.41) is 8.98. The molecule has 108 valence electrons. The molecule has 1 heterocycles. The third-order valence-corrected chi connectivity index (χ3v) is 3.42. The van der Waals surface area contributed by atoms with E-state index in [1.807, 2.05) is 30.3 Å². The van der Waals surface area contributed by atoms with Crippen LogP contribution in [-0.2, 0) is 16.1 Å². The van der Waals surface area contributed by atoms with Gasteiger partial charge in [-0.25, -0.2) is 4.79 Å². The van der Waals surface area contributed by atoms with Crippen LogP contribution in [0.3, 0.4) is 0 Å². The zero-order valence-corrected chi connectivity index (χ0v) is 10.9. The summed E-state index contributed by atoms with van der Waals surface area (Å²) in [5.41, 5.74) is 0.844. The van der Waals surface area contributed by atoms with Gasteiger partial charge in [0.05, 0.1) is 12.6 Å². The van der Waals surface area contributed by atoms with E-state index in [1.165, 1.54) is 4.90 Å². The van der Waals surface area contributed by atoms with E-state index in [1.54, 1.807) is 0 Å². The van der Waals surface area contributed by atoms with Crippen molar-refractivity contribution in [1.82, 2.24) is 4.90 Å². The number of aliphatic carboxylic acids is 1. The molecule has 0 aliphatic carbocycles. The van der Waals surface area contributed by atoms with Crippen molar-refractivity contribution in [2.75, 3.05) is 19.8 Å². The summed E-state index contributed by atoms with van der Waals surface area (Å²) in [7, 11) is 0. The first kappa shape index (κ1) is 14.3. The first-order valence-electron chi connectivity index (χ1n) is 6.36. The molecule has 6 heteroatoms. The number of rotatable bonds is 4. The van der Waals surface area contributed by atoms with Gasteiger partial charge in [0.25, 0.3) is 0 Å². The number of hydrogen-bond donors (Lipinski definition) is 1. The SMILES string of the molecule is O=C(O)C1CN(C(=O)OCc2ccccc2)CC1CF. The lowest BCUT2D eigenvalue weighted by atomic mass is 9.98. The van der Waals surface area contributed by atoms with E-state index in [2.05, 4.69) is 0 Å². The van der Waals surface area contributed by atoms with Crippen LogP contribution in [0, 0.1) is 11.8 Å². The fourth-order valence-corrected chi connectivity index (χ4v) is 2.27. The van der Waals surface area contributed by atoms with Crippen LogP contribution >= 0.6 is 0 Å². The first-order valence-corrected chi connectivity index (χ1v) is 6.36. The lowest BCUT2D eigenvalue weighted by Crippen LogP contribution is -2.30. The van der Waals surface area contributed by atoms with Crippen LogP contribution in [0.15, 0.2) is 30.3 Å². The number of carboxylic acid groups (broad SMARTS) is 1. The minimum Gasteiger partial charge on any atom is -0.481 e. The smallest absolute Gasteiger partial charge is 0.410 e. The quantitative estimate of drug-likeness (QED) is 0.915. The molecule has 1 aliphatic heterocycles. The van der Waals surface area contributed by atoms with Gasteiger partial charge in [0, 0.05) is 19.0 Å². The van der Waals surface area contributed by atoms with Crippen molar-refractivity contribution in [3.63, 3.8) is 0 Å². The molecule has 1 aromatic rings. The molecule has 2 atom stereocenters. The van der Waals surface area contributed by atoms with Crippen molar-refractivity contribution in [2.45, 2.75) is 6.61 Å². The monoisotopic (exact) mass is 281 g/mol. The molecule has 2 rings (SSSR count). The lowest BCUT2D eigenvalue weighted by molar-refractivity contribution is -0.142. The van der Waals surface area contributed by atoms with E-state index in [4.69, 9.17) is 9.84 Å². The van der Waals surface area contributed by atoms with Gasteiger partial charge in [0.2, 0.25) is 0 Å². The van der Waals surface area contributed by atoms with Crippen molar-refractivity contribution in [3.05, 3.63) is 35.9 Å². The molecule has 2 unspecified atom stereocenters. The first-order chi connectivity index (χ1) is 9.61. The Morgan fingerprint density at radius 3 is 2.55 bits per heavy atom. The summed E-state index contributed by atoms with van der Waals surface area (Å²) < 4.78 is 17.9. The summed E-state index contributed by atoms with van der Waals surface area (Å²) in [5.74, 6) is -2.59. The molecule has 1 fully saturated rings. The molecule has 1 amide bonds. The molecular weight excluding hydrogens is 265 g/mol. The maximum atomic E-state index is 12.8. The maximum Gasteiger partial charge on any atom is 0.410 e. The third kappa shape index (κ3) is 3.26. The number of halogens is 1. The Morgan fingerprint density at radius 2 is 2.00 bits per heavy atom. The van der Waals surface area contributed by atoms with E-state index >= 15 is 0 Å². The van der Waals surface area contributed by atoms with Gasteiger partial charge >= 0.3 is 12.1 Å². The standard InChI is InChI=1S/C14H16FNO4/c15-6-11-7-16(8-12(11)13(17)18)14(19)20-9-10-4-2-1-3-5-10/h1-5,11-12H,6-9H2,(H,17,18). The van der Waals surface area contributed by atoms with Crippen LogP contribution < -0.4 is 0 Å². The molecule has 0 aromatic heterocycles. The molecule has 0 spiro atoms. The number of carbonyl (C=O) groups is 2. The minimum absolute atomic E-state index is 0.00244. The molecule has 1 N–H and O–H groups in total. The Labute approximate surface area is 116 Å². The van der Waals surface area contributed by atoms with E-state index in [-0.39, 0.29) is 19.7 Å². The number of nitrogens with zero attached hydrogens (tertiary/aromatic N) is 1. The van der Waals surface area contributed by atoms with Gasteiger partial charge in [-0.3, -0.25) is 9.18 Å². The average molecular weight is 281 g/mol. The van der Waals surface area contributed by atoms with Crippen LogP contribution in [-0.4, -0.2) is 41.8 Å². The number of ether oxygens (including phenoxy) is 1. The number of carboxylic acids is 1. The number of amides is 1. The third-order valence-electron chi connectivity index (χ3n) is 3.42. The second kappa shape index (κ2) is 6.36. The highest BCUT2D eigenvalue weighted by Crippen LogP contribution is 2.25. The Morgan fingerprint density at radius 1 is 1.30 bits per heavy atom. The summed E-state index contributed by atoms with van der Waals surface area (Å²) in [4.78, 5) is 24.1. The van der Waals surface area contributed by atoms with Gasteiger partial charge in [-0.2, -0.15) is 0 Å². The second-order valence-corrected chi connectivity index (χ2v) is 4.80. The molecule has 5 nitrogen and oxygen atoms in total. The number of alkyl halides is 1. The van der Waals surface area contributed by atoms with E-state index in [0.717, 1.165) is 5.56 Å². The molecule has 20 heavy (non-hydrogen) atoms. The zero-order valence-electron chi connectivity index (χ0n) is 10.9. The van der Waals surface area contributed by atoms with Crippen molar-refractivity contribution in [3.8, 4) is 0 Å². The fraction of sp³-hybridized carbons (Fsp3) is 0.429. The normalized spacial score (nSPS) is 21.8. The number of likely N-dealkylation sites (tertiary alicyclic amines) is 1. The lowest BCUT2D eigenvalue weighted by Gasteiger charge is -2.15. The highest BCUT2D eigenvalue weighted by Gasteiger charge is 2.40. The predicted molar refractivity (Wildman–Crippen MR) is 68.8 cm³/mol. The van der Waals surface area contributed by atoms with Crippen molar-refractivity contribution < 1.29 is 23.8 Å². The van der Waals surface area contributed by atoms with Crippen molar-refractivity contribution in [2.24, 2.45) is 11.8 Å².